The number of carbonyl (C=O) groups excluding carboxylic acids is 1. The van der Waals surface area contributed by atoms with E-state index in [9.17, 15) is 22.4 Å². The zero-order valence-corrected chi connectivity index (χ0v) is 20.5. The fraction of sp³-hybridized carbons (Fsp3) is 0.300. The molecule has 0 aliphatic heterocycles. The number of benzene rings is 3. The Morgan fingerprint density at radius 1 is 0.865 bits per heavy atom. The number of rotatable bonds is 8. The molecule has 0 unspecified atom stereocenters. The van der Waals surface area contributed by atoms with Crippen molar-refractivity contribution >= 4 is 5.97 Å². The predicted octanol–water partition coefficient (Wildman–Crippen LogP) is 8.05. The molecule has 0 bridgehead atoms. The van der Waals surface area contributed by atoms with Gasteiger partial charge in [-0.25, -0.2) is 8.78 Å². The monoisotopic (exact) mass is 512 g/mol. The Labute approximate surface area is 213 Å². The van der Waals surface area contributed by atoms with E-state index in [0.29, 0.717) is 37.7 Å². The van der Waals surface area contributed by atoms with Gasteiger partial charge in [0.05, 0.1) is 12.5 Å². The Morgan fingerprint density at radius 2 is 1.51 bits per heavy atom. The molecule has 3 aromatic carbocycles. The average Bonchev–Trinajstić information content (AvgIpc) is 2.90. The summed E-state index contributed by atoms with van der Waals surface area (Å²) >= 11 is 0. The van der Waals surface area contributed by atoms with E-state index < -0.39 is 40.9 Å². The van der Waals surface area contributed by atoms with Crippen molar-refractivity contribution in [3.8, 4) is 22.6 Å². The zero-order valence-electron chi connectivity index (χ0n) is 20.5. The molecule has 0 atom stereocenters. The van der Waals surface area contributed by atoms with E-state index in [1.54, 1.807) is 30.3 Å². The molecule has 7 heteroatoms. The van der Waals surface area contributed by atoms with Crippen LogP contribution in [0.5, 0.6) is 11.5 Å². The minimum atomic E-state index is -1.23. The summed E-state index contributed by atoms with van der Waals surface area (Å²) in [7, 11) is 0. The summed E-state index contributed by atoms with van der Waals surface area (Å²) in [4.78, 5) is 12.7. The molecular weight excluding hydrogens is 484 g/mol. The zero-order chi connectivity index (χ0) is 26.5. The van der Waals surface area contributed by atoms with Crippen LogP contribution in [0.15, 0.2) is 61.2 Å². The second kappa shape index (κ2) is 11.6. The highest BCUT2D eigenvalue weighted by Gasteiger charge is 2.31. The summed E-state index contributed by atoms with van der Waals surface area (Å²) in [5.74, 6) is -6.42. The third-order valence-electron chi connectivity index (χ3n) is 6.78. The number of ether oxygens (including phenoxy) is 2. The average molecular weight is 513 g/mol. The molecule has 1 saturated carbocycles. The number of carbonyl (C=O) groups is 1. The van der Waals surface area contributed by atoms with Gasteiger partial charge in [0.25, 0.3) is 0 Å². The lowest BCUT2D eigenvalue weighted by Crippen LogP contribution is -2.26. The largest absolute Gasteiger partial charge is 0.490 e. The molecule has 3 aromatic rings. The van der Waals surface area contributed by atoms with E-state index in [4.69, 9.17) is 9.47 Å². The molecule has 0 amide bonds. The number of hydrogen-bond acceptors (Lipinski definition) is 3. The third kappa shape index (κ3) is 5.87. The molecule has 0 saturated heterocycles. The first-order valence-electron chi connectivity index (χ1n) is 12.3. The maximum Gasteiger partial charge on any atom is 0.314 e. The fourth-order valence-corrected chi connectivity index (χ4v) is 4.62. The molecule has 37 heavy (non-hydrogen) atoms. The highest BCUT2D eigenvalue weighted by molar-refractivity contribution is 5.76. The van der Waals surface area contributed by atoms with Crippen LogP contribution in [0, 0.1) is 36.1 Å². The summed E-state index contributed by atoms with van der Waals surface area (Å²) in [6.45, 7) is 5.65. The summed E-state index contributed by atoms with van der Waals surface area (Å²) in [5, 5.41) is 0. The van der Waals surface area contributed by atoms with Gasteiger partial charge < -0.3 is 9.47 Å². The first-order valence-corrected chi connectivity index (χ1v) is 12.3. The van der Waals surface area contributed by atoms with Crippen molar-refractivity contribution in [2.24, 2.45) is 5.92 Å². The first-order chi connectivity index (χ1) is 17.8. The van der Waals surface area contributed by atoms with Crippen LogP contribution in [0.2, 0.25) is 0 Å². The molecule has 1 aliphatic carbocycles. The van der Waals surface area contributed by atoms with Crippen LogP contribution in [0.25, 0.3) is 11.1 Å². The van der Waals surface area contributed by atoms with E-state index in [2.05, 4.69) is 6.58 Å². The van der Waals surface area contributed by atoms with Gasteiger partial charge in [-0.2, -0.15) is 8.78 Å². The van der Waals surface area contributed by atoms with Crippen LogP contribution in [-0.4, -0.2) is 12.6 Å². The van der Waals surface area contributed by atoms with Crippen molar-refractivity contribution in [1.82, 2.24) is 0 Å². The molecule has 1 aliphatic rings. The Balaban J connectivity index is 1.38. The van der Waals surface area contributed by atoms with Crippen molar-refractivity contribution in [2.75, 3.05) is 6.61 Å². The highest BCUT2D eigenvalue weighted by Crippen LogP contribution is 2.39. The second-order valence-corrected chi connectivity index (χ2v) is 9.28. The maximum atomic E-state index is 14.7. The molecule has 3 nitrogen and oxygen atoms in total. The van der Waals surface area contributed by atoms with Gasteiger partial charge in [0, 0.05) is 5.56 Å². The minimum Gasteiger partial charge on any atom is -0.490 e. The van der Waals surface area contributed by atoms with Gasteiger partial charge in [-0.1, -0.05) is 42.0 Å². The van der Waals surface area contributed by atoms with Crippen molar-refractivity contribution in [3.63, 3.8) is 0 Å². The molecule has 0 heterocycles. The second-order valence-electron chi connectivity index (χ2n) is 9.28. The van der Waals surface area contributed by atoms with E-state index in [1.807, 2.05) is 6.92 Å². The van der Waals surface area contributed by atoms with E-state index in [-0.39, 0.29) is 29.4 Å². The lowest BCUT2D eigenvalue weighted by atomic mass is 9.78. The summed E-state index contributed by atoms with van der Waals surface area (Å²) in [5.41, 5.74) is 1.81. The number of halogens is 4. The lowest BCUT2D eigenvalue weighted by Gasteiger charge is -2.28. The molecular formula is C30H28F4O3. The van der Waals surface area contributed by atoms with E-state index in [0.717, 1.165) is 5.56 Å². The molecule has 4 rings (SSSR count). The standard InChI is InChI=1S/C30H28F4O3/c1-3-4-17-36-24-15-13-22(26(31)28(24)33)20-9-11-21(12-10-20)30(35)37-25-16-14-23(27(32)29(25)34)19-7-5-18(2)6-8-19/h3,5-8,13-16,20-21H,1,4,9-12,17H2,2H3. The van der Waals surface area contributed by atoms with Crippen molar-refractivity contribution in [3.05, 3.63) is 95.6 Å². The molecule has 194 valence electrons. The molecule has 1 fully saturated rings. The molecule has 0 N–H and O–H groups in total. The van der Waals surface area contributed by atoms with Gasteiger partial charge in [0.1, 0.15) is 0 Å². The van der Waals surface area contributed by atoms with Crippen molar-refractivity contribution in [1.29, 1.82) is 0 Å². The van der Waals surface area contributed by atoms with Gasteiger partial charge in [0.2, 0.25) is 11.6 Å². The van der Waals surface area contributed by atoms with Gasteiger partial charge in [0.15, 0.2) is 23.1 Å². The van der Waals surface area contributed by atoms with Crippen LogP contribution >= 0.6 is 0 Å². The highest BCUT2D eigenvalue weighted by atomic mass is 19.2. The van der Waals surface area contributed by atoms with E-state index in [1.165, 1.54) is 24.3 Å². The Bertz CT molecular complexity index is 1280. The van der Waals surface area contributed by atoms with Crippen LogP contribution in [0.1, 0.15) is 49.1 Å². The molecule has 0 aromatic heterocycles. The molecule has 0 radical (unpaired) electrons. The summed E-state index contributed by atoms with van der Waals surface area (Å²) < 4.78 is 69.1. The van der Waals surface area contributed by atoms with Crippen LogP contribution < -0.4 is 9.47 Å². The van der Waals surface area contributed by atoms with Gasteiger partial charge in [-0.15, -0.1) is 6.58 Å². The van der Waals surface area contributed by atoms with Crippen molar-refractivity contribution < 1.29 is 31.8 Å². The summed E-state index contributed by atoms with van der Waals surface area (Å²) in [6.07, 6.45) is 3.70. The van der Waals surface area contributed by atoms with Gasteiger partial charge in [-0.05, 0) is 74.3 Å². The van der Waals surface area contributed by atoms with E-state index >= 15 is 0 Å². The van der Waals surface area contributed by atoms with Crippen LogP contribution in [0.3, 0.4) is 0 Å². The SMILES string of the molecule is C=CCCOc1ccc(C2CCC(C(=O)Oc3ccc(-c4ccc(C)cc4)c(F)c3F)CC2)c(F)c1F. The summed E-state index contributed by atoms with van der Waals surface area (Å²) in [6, 6.07) is 12.5. The normalized spacial score (nSPS) is 17.3. The topological polar surface area (TPSA) is 35.5 Å². The maximum absolute atomic E-state index is 14.7. The van der Waals surface area contributed by atoms with Gasteiger partial charge >= 0.3 is 5.97 Å². The Hall–Kier alpha value is -3.61. The number of esters is 1. The quantitative estimate of drug-likeness (QED) is 0.101. The van der Waals surface area contributed by atoms with Crippen LogP contribution in [-0.2, 0) is 4.79 Å². The van der Waals surface area contributed by atoms with Gasteiger partial charge in [-0.3, -0.25) is 4.79 Å². The lowest BCUT2D eigenvalue weighted by molar-refractivity contribution is -0.140. The Kier molecular flexibility index (Phi) is 8.31. The first kappa shape index (κ1) is 26.5. The number of aryl methyl sites for hydroxylation is 1. The fourth-order valence-electron chi connectivity index (χ4n) is 4.62. The smallest absolute Gasteiger partial charge is 0.314 e. The predicted molar refractivity (Wildman–Crippen MR) is 134 cm³/mol. The molecule has 0 spiro atoms. The van der Waals surface area contributed by atoms with Crippen molar-refractivity contribution in [2.45, 2.75) is 44.9 Å². The third-order valence-corrected chi connectivity index (χ3v) is 6.78. The minimum absolute atomic E-state index is 0.0733. The van der Waals surface area contributed by atoms with Crippen LogP contribution in [0.4, 0.5) is 17.6 Å². The number of hydrogen-bond donors (Lipinski definition) is 0. The Morgan fingerprint density at radius 3 is 2.19 bits per heavy atom.